The zero-order valence-corrected chi connectivity index (χ0v) is 15.7. The largest absolute Gasteiger partial charge is 0.470 e. The minimum absolute atomic E-state index is 0.295. The fraction of sp³-hybridized carbons (Fsp3) is 0.400. The Morgan fingerprint density at radius 3 is 2.41 bits per heavy atom. The maximum Gasteiger partial charge on any atom is 0.328 e. The molecule has 3 aromatic rings. The molecule has 27 heavy (non-hydrogen) atoms. The van der Waals surface area contributed by atoms with Crippen molar-refractivity contribution in [3.05, 3.63) is 62.7 Å². The molecule has 7 heteroatoms. The number of para-hydroxylation sites is 1. The van der Waals surface area contributed by atoms with E-state index in [9.17, 15) is 9.59 Å². The summed E-state index contributed by atoms with van der Waals surface area (Å²) < 4.78 is 6.28. The van der Waals surface area contributed by atoms with E-state index in [4.69, 9.17) is 4.42 Å². The van der Waals surface area contributed by atoms with Crippen LogP contribution in [0.15, 0.2) is 44.7 Å². The van der Waals surface area contributed by atoms with Crippen LogP contribution in [0.1, 0.15) is 11.1 Å². The van der Waals surface area contributed by atoms with Crippen LogP contribution in [-0.4, -0.2) is 47.2 Å². The van der Waals surface area contributed by atoms with Crippen LogP contribution in [0.4, 0.5) is 5.69 Å². The molecule has 3 heterocycles. The second kappa shape index (κ2) is 7.08. The number of anilines is 1. The van der Waals surface area contributed by atoms with Crippen molar-refractivity contribution in [2.75, 3.05) is 37.6 Å². The van der Waals surface area contributed by atoms with E-state index in [2.05, 4.69) is 46.8 Å². The number of rotatable bonds is 4. The SMILES string of the molecule is Cc1cccc(C)c1N1CCN(CCn2c(=O)[nH]c3cocc3c2=O)CC1. The Balaban J connectivity index is 1.42. The summed E-state index contributed by atoms with van der Waals surface area (Å²) >= 11 is 0. The molecule has 1 aliphatic heterocycles. The highest BCUT2D eigenvalue weighted by atomic mass is 16.3. The van der Waals surface area contributed by atoms with Gasteiger partial charge in [-0.2, -0.15) is 0 Å². The standard InChI is InChI=1S/C20H24N4O3/c1-14-4-3-5-15(2)18(14)23-9-6-22(7-10-23)8-11-24-19(25)16-12-27-13-17(16)21-20(24)26/h3-5,12-13H,6-11H2,1-2H3,(H,21,26). The van der Waals surface area contributed by atoms with Crippen molar-refractivity contribution in [3.8, 4) is 0 Å². The quantitative estimate of drug-likeness (QED) is 0.759. The van der Waals surface area contributed by atoms with Gasteiger partial charge in [0.25, 0.3) is 5.56 Å². The smallest absolute Gasteiger partial charge is 0.328 e. The third kappa shape index (κ3) is 3.30. The highest BCUT2D eigenvalue weighted by Crippen LogP contribution is 2.25. The summed E-state index contributed by atoms with van der Waals surface area (Å²) in [5.41, 5.74) is 3.70. The minimum Gasteiger partial charge on any atom is -0.470 e. The van der Waals surface area contributed by atoms with Gasteiger partial charge in [-0.05, 0) is 25.0 Å². The summed E-state index contributed by atoms with van der Waals surface area (Å²) in [7, 11) is 0. The summed E-state index contributed by atoms with van der Waals surface area (Å²) in [6.45, 7) is 9.06. The third-order valence-electron chi connectivity index (χ3n) is 5.39. The van der Waals surface area contributed by atoms with E-state index < -0.39 is 0 Å². The Morgan fingerprint density at radius 2 is 1.70 bits per heavy atom. The highest BCUT2D eigenvalue weighted by molar-refractivity contribution is 5.75. The van der Waals surface area contributed by atoms with Crippen LogP contribution in [0, 0.1) is 13.8 Å². The van der Waals surface area contributed by atoms with Gasteiger partial charge >= 0.3 is 5.69 Å². The van der Waals surface area contributed by atoms with Gasteiger partial charge in [-0.1, -0.05) is 18.2 Å². The molecule has 0 spiro atoms. The van der Waals surface area contributed by atoms with E-state index in [0.29, 0.717) is 24.0 Å². The van der Waals surface area contributed by atoms with Crippen molar-refractivity contribution in [3.63, 3.8) is 0 Å². The first-order chi connectivity index (χ1) is 13.0. The second-order valence-electron chi connectivity index (χ2n) is 7.16. The first-order valence-electron chi connectivity index (χ1n) is 9.27. The molecule has 0 radical (unpaired) electrons. The van der Waals surface area contributed by atoms with Crippen LogP contribution < -0.4 is 16.1 Å². The fourth-order valence-corrected chi connectivity index (χ4v) is 3.92. The molecular weight excluding hydrogens is 344 g/mol. The average molecular weight is 368 g/mol. The van der Waals surface area contributed by atoms with E-state index in [-0.39, 0.29) is 11.2 Å². The van der Waals surface area contributed by atoms with Gasteiger partial charge in [-0.15, -0.1) is 0 Å². The summed E-state index contributed by atoms with van der Waals surface area (Å²) in [6, 6.07) is 6.40. The van der Waals surface area contributed by atoms with Gasteiger partial charge in [0.15, 0.2) is 0 Å². The summed E-state index contributed by atoms with van der Waals surface area (Å²) in [5, 5.41) is 0.412. The molecule has 0 saturated carbocycles. The number of aromatic amines is 1. The number of hydrogen-bond donors (Lipinski definition) is 1. The van der Waals surface area contributed by atoms with Gasteiger partial charge in [0.2, 0.25) is 0 Å². The zero-order chi connectivity index (χ0) is 19.0. The van der Waals surface area contributed by atoms with Crippen molar-refractivity contribution < 1.29 is 4.42 Å². The number of aromatic nitrogens is 2. The number of aryl methyl sites for hydroxylation is 2. The number of fused-ring (bicyclic) bond motifs is 1. The number of piperazine rings is 1. The normalized spacial score (nSPS) is 15.6. The van der Waals surface area contributed by atoms with E-state index in [1.54, 1.807) is 0 Å². The predicted octanol–water partition coefficient (Wildman–Crippen LogP) is 1.72. The molecule has 1 N–H and O–H groups in total. The van der Waals surface area contributed by atoms with E-state index in [0.717, 1.165) is 26.2 Å². The molecule has 4 rings (SSSR count). The Hall–Kier alpha value is -2.80. The number of nitrogens with zero attached hydrogens (tertiary/aromatic N) is 3. The van der Waals surface area contributed by atoms with Crippen LogP contribution >= 0.6 is 0 Å². The molecule has 1 saturated heterocycles. The first kappa shape index (κ1) is 17.6. The Kier molecular flexibility index (Phi) is 4.61. The van der Waals surface area contributed by atoms with Crippen molar-refractivity contribution in [2.24, 2.45) is 0 Å². The molecule has 0 aliphatic carbocycles. The van der Waals surface area contributed by atoms with Crippen LogP contribution in [0.3, 0.4) is 0 Å². The molecular formula is C20H24N4O3. The molecule has 1 fully saturated rings. The maximum absolute atomic E-state index is 12.5. The molecule has 2 aromatic heterocycles. The van der Waals surface area contributed by atoms with Gasteiger partial charge in [0.05, 0.1) is 5.52 Å². The lowest BCUT2D eigenvalue weighted by Crippen LogP contribution is -2.48. The van der Waals surface area contributed by atoms with Crippen molar-refractivity contribution in [2.45, 2.75) is 20.4 Å². The van der Waals surface area contributed by atoms with Gasteiger partial charge in [0.1, 0.15) is 17.9 Å². The third-order valence-corrected chi connectivity index (χ3v) is 5.39. The summed E-state index contributed by atoms with van der Waals surface area (Å²) in [4.78, 5) is 32.1. The molecule has 1 aromatic carbocycles. The molecule has 1 aliphatic rings. The van der Waals surface area contributed by atoms with Crippen LogP contribution in [-0.2, 0) is 6.54 Å². The second-order valence-corrected chi connectivity index (χ2v) is 7.16. The Bertz CT molecular complexity index is 1050. The molecule has 0 unspecified atom stereocenters. The average Bonchev–Trinajstić information content (AvgIpc) is 3.11. The number of hydrogen-bond acceptors (Lipinski definition) is 5. The number of H-pyrrole nitrogens is 1. The van der Waals surface area contributed by atoms with Crippen molar-refractivity contribution in [1.82, 2.24) is 14.5 Å². The predicted molar refractivity (Wildman–Crippen MR) is 106 cm³/mol. The zero-order valence-electron chi connectivity index (χ0n) is 15.7. The molecule has 0 amide bonds. The van der Waals surface area contributed by atoms with Crippen molar-refractivity contribution in [1.29, 1.82) is 0 Å². The van der Waals surface area contributed by atoms with Gasteiger partial charge in [-0.25, -0.2) is 4.79 Å². The van der Waals surface area contributed by atoms with E-state index >= 15 is 0 Å². The number of furan rings is 1. The maximum atomic E-state index is 12.5. The Labute approximate surface area is 156 Å². The van der Waals surface area contributed by atoms with Crippen LogP contribution in [0.5, 0.6) is 0 Å². The number of nitrogens with one attached hydrogen (secondary N) is 1. The lowest BCUT2D eigenvalue weighted by Gasteiger charge is -2.37. The highest BCUT2D eigenvalue weighted by Gasteiger charge is 2.20. The topological polar surface area (TPSA) is 74.5 Å². The van der Waals surface area contributed by atoms with Gasteiger partial charge in [0, 0.05) is 45.0 Å². The Morgan fingerprint density at radius 1 is 1.00 bits per heavy atom. The molecule has 142 valence electrons. The molecule has 0 atom stereocenters. The van der Waals surface area contributed by atoms with Crippen LogP contribution in [0.2, 0.25) is 0 Å². The summed E-state index contributed by atoms with van der Waals surface area (Å²) in [6.07, 6.45) is 2.77. The molecule has 7 nitrogen and oxygen atoms in total. The monoisotopic (exact) mass is 368 g/mol. The van der Waals surface area contributed by atoms with Crippen molar-refractivity contribution >= 4 is 16.6 Å². The van der Waals surface area contributed by atoms with Crippen LogP contribution in [0.25, 0.3) is 10.9 Å². The van der Waals surface area contributed by atoms with E-state index in [1.165, 1.54) is 33.9 Å². The van der Waals surface area contributed by atoms with Gasteiger partial charge < -0.3 is 14.3 Å². The lowest BCUT2D eigenvalue weighted by atomic mass is 10.1. The fourth-order valence-electron chi connectivity index (χ4n) is 3.92. The minimum atomic E-state index is -0.386. The number of benzene rings is 1. The molecule has 0 bridgehead atoms. The van der Waals surface area contributed by atoms with E-state index in [1.807, 2.05) is 0 Å². The summed E-state index contributed by atoms with van der Waals surface area (Å²) in [5.74, 6) is 0. The first-order valence-corrected chi connectivity index (χ1v) is 9.27. The van der Waals surface area contributed by atoms with Gasteiger partial charge in [-0.3, -0.25) is 14.3 Å². The lowest BCUT2D eigenvalue weighted by molar-refractivity contribution is 0.246.